The van der Waals surface area contributed by atoms with Gasteiger partial charge in [-0.05, 0) is 24.3 Å². The van der Waals surface area contributed by atoms with Crippen molar-refractivity contribution in [2.75, 3.05) is 24.6 Å². The quantitative estimate of drug-likeness (QED) is 0.760. The number of aliphatic carboxylic acids is 1. The lowest BCUT2D eigenvalue weighted by Gasteiger charge is -2.21. The van der Waals surface area contributed by atoms with Gasteiger partial charge in [0, 0.05) is 18.0 Å². The lowest BCUT2D eigenvalue weighted by atomic mass is 10.3. The fourth-order valence-corrected chi connectivity index (χ4v) is 2.98. The molecule has 0 atom stereocenters. The van der Waals surface area contributed by atoms with Gasteiger partial charge >= 0.3 is 5.97 Å². The van der Waals surface area contributed by atoms with Crippen LogP contribution in [0.3, 0.4) is 0 Å². The molecule has 0 aliphatic rings. The van der Waals surface area contributed by atoms with E-state index >= 15 is 0 Å². The van der Waals surface area contributed by atoms with Crippen LogP contribution in [0.15, 0.2) is 17.5 Å². The van der Waals surface area contributed by atoms with Crippen molar-refractivity contribution in [3.8, 4) is 0 Å². The first-order chi connectivity index (χ1) is 9.13. The van der Waals surface area contributed by atoms with Crippen molar-refractivity contribution in [2.45, 2.75) is 19.8 Å². The third-order valence-corrected chi connectivity index (χ3v) is 4.34. The molecule has 1 aromatic heterocycles. The molecule has 0 unspecified atom stereocenters. The van der Waals surface area contributed by atoms with Crippen LogP contribution in [0.5, 0.6) is 0 Å². The Morgan fingerprint density at radius 3 is 2.74 bits per heavy atom. The SMILES string of the molecule is CCCN(CCc1cccs1)C(=O)CSCC(=O)O. The normalized spacial score (nSPS) is 10.4. The van der Waals surface area contributed by atoms with Crippen LogP contribution in [0.4, 0.5) is 0 Å². The number of carboxylic acid groups (broad SMARTS) is 1. The van der Waals surface area contributed by atoms with Crippen molar-refractivity contribution in [2.24, 2.45) is 0 Å². The minimum atomic E-state index is -0.876. The van der Waals surface area contributed by atoms with Gasteiger partial charge in [0.1, 0.15) is 0 Å². The lowest BCUT2D eigenvalue weighted by Crippen LogP contribution is -2.35. The Morgan fingerprint density at radius 1 is 1.37 bits per heavy atom. The molecule has 0 fully saturated rings. The first-order valence-electron chi connectivity index (χ1n) is 6.23. The largest absolute Gasteiger partial charge is 0.481 e. The van der Waals surface area contributed by atoms with Crippen LogP contribution in [0.1, 0.15) is 18.2 Å². The van der Waals surface area contributed by atoms with Gasteiger partial charge in [0.15, 0.2) is 0 Å². The molecule has 0 aromatic carbocycles. The number of carbonyl (C=O) groups excluding carboxylic acids is 1. The van der Waals surface area contributed by atoms with E-state index in [1.807, 2.05) is 23.3 Å². The summed E-state index contributed by atoms with van der Waals surface area (Å²) in [6.07, 6.45) is 1.78. The minimum Gasteiger partial charge on any atom is -0.481 e. The van der Waals surface area contributed by atoms with E-state index in [0.717, 1.165) is 31.1 Å². The molecule has 1 N–H and O–H groups in total. The molecule has 0 saturated carbocycles. The smallest absolute Gasteiger partial charge is 0.313 e. The summed E-state index contributed by atoms with van der Waals surface area (Å²) < 4.78 is 0. The Hall–Kier alpha value is -1.01. The van der Waals surface area contributed by atoms with Crippen molar-refractivity contribution in [3.63, 3.8) is 0 Å². The van der Waals surface area contributed by atoms with Gasteiger partial charge < -0.3 is 10.0 Å². The van der Waals surface area contributed by atoms with Crippen molar-refractivity contribution in [3.05, 3.63) is 22.4 Å². The van der Waals surface area contributed by atoms with Crippen molar-refractivity contribution >= 4 is 35.0 Å². The van der Waals surface area contributed by atoms with E-state index in [4.69, 9.17) is 5.11 Å². The molecule has 0 aliphatic carbocycles. The molecular formula is C13H19NO3S2. The number of carbonyl (C=O) groups is 2. The Kier molecular flexibility index (Phi) is 7.59. The molecule has 1 amide bonds. The van der Waals surface area contributed by atoms with Gasteiger partial charge in [-0.15, -0.1) is 23.1 Å². The van der Waals surface area contributed by atoms with Crippen molar-refractivity contribution in [1.29, 1.82) is 0 Å². The summed E-state index contributed by atoms with van der Waals surface area (Å²) in [5.41, 5.74) is 0. The molecule has 1 heterocycles. The van der Waals surface area contributed by atoms with Crippen LogP contribution in [0.25, 0.3) is 0 Å². The molecule has 0 saturated heterocycles. The third-order valence-electron chi connectivity index (χ3n) is 2.51. The summed E-state index contributed by atoms with van der Waals surface area (Å²) in [4.78, 5) is 25.5. The van der Waals surface area contributed by atoms with Gasteiger partial charge in [-0.25, -0.2) is 0 Å². The molecule has 0 aliphatic heterocycles. The van der Waals surface area contributed by atoms with Crippen LogP contribution in [0.2, 0.25) is 0 Å². The number of nitrogens with zero attached hydrogens (tertiary/aromatic N) is 1. The zero-order valence-electron chi connectivity index (χ0n) is 11.0. The van der Waals surface area contributed by atoms with Gasteiger partial charge in [-0.3, -0.25) is 9.59 Å². The highest BCUT2D eigenvalue weighted by molar-refractivity contribution is 8.00. The first kappa shape index (κ1) is 16.0. The summed E-state index contributed by atoms with van der Waals surface area (Å²) in [5, 5.41) is 10.6. The molecule has 4 nitrogen and oxygen atoms in total. The topological polar surface area (TPSA) is 57.6 Å². The molecule has 0 spiro atoms. The molecule has 1 aromatic rings. The van der Waals surface area contributed by atoms with E-state index in [2.05, 4.69) is 6.07 Å². The second-order valence-electron chi connectivity index (χ2n) is 4.10. The fraction of sp³-hybridized carbons (Fsp3) is 0.538. The van der Waals surface area contributed by atoms with E-state index < -0.39 is 5.97 Å². The number of thioether (sulfide) groups is 1. The summed E-state index contributed by atoms with van der Waals surface area (Å²) in [7, 11) is 0. The fourth-order valence-electron chi connectivity index (χ4n) is 1.65. The number of thiophene rings is 1. The molecule has 0 bridgehead atoms. The van der Waals surface area contributed by atoms with Gasteiger partial charge in [0.05, 0.1) is 11.5 Å². The number of carboxylic acids is 1. The molecule has 6 heteroatoms. The minimum absolute atomic E-state index is 0.0172. The van der Waals surface area contributed by atoms with Gasteiger partial charge in [-0.1, -0.05) is 13.0 Å². The maximum atomic E-state index is 12.0. The molecule has 106 valence electrons. The average molecular weight is 301 g/mol. The van der Waals surface area contributed by atoms with Crippen LogP contribution in [-0.2, 0) is 16.0 Å². The Bertz CT molecular complexity index is 393. The summed E-state index contributed by atoms with van der Waals surface area (Å²) in [6, 6.07) is 4.08. The summed E-state index contributed by atoms with van der Waals surface area (Å²) in [5.74, 6) is -0.615. The number of rotatable bonds is 9. The van der Waals surface area contributed by atoms with E-state index in [1.54, 1.807) is 11.3 Å². The predicted molar refractivity (Wildman–Crippen MR) is 79.9 cm³/mol. The molecule has 19 heavy (non-hydrogen) atoms. The standard InChI is InChI=1S/C13H19NO3S2/c1-2-6-14(7-5-11-4-3-8-19-11)12(15)9-18-10-13(16)17/h3-4,8H,2,5-7,9-10H2,1H3,(H,16,17). The Morgan fingerprint density at radius 2 is 2.16 bits per heavy atom. The number of hydrogen-bond donors (Lipinski definition) is 1. The van der Waals surface area contributed by atoms with Crippen LogP contribution in [0, 0.1) is 0 Å². The highest BCUT2D eigenvalue weighted by Crippen LogP contribution is 2.11. The van der Waals surface area contributed by atoms with Crippen LogP contribution < -0.4 is 0 Å². The van der Waals surface area contributed by atoms with Crippen molar-refractivity contribution in [1.82, 2.24) is 4.90 Å². The molecule has 1 rings (SSSR count). The third kappa shape index (κ3) is 6.63. The predicted octanol–water partition coefficient (Wildman–Crippen LogP) is 2.35. The van der Waals surface area contributed by atoms with E-state index in [1.165, 1.54) is 4.88 Å². The summed E-state index contributed by atoms with van der Waals surface area (Å²) >= 11 is 2.85. The van der Waals surface area contributed by atoms with Crippen molar-refractivity contribution < 1.29 is 14.7 Å². The highest BCUT2D eigenvalue weighted by Gasteiger charge is 2.13. The lowest BCUT2D eigenvalue weighted by molar-refractivity contribution is -0.133. The highest BCUT2D eigenvalue weighted by atomic mass is 32.2. The van der Waals surface area contributed by atoms with Gasteiger partial charge in [0.25, 0.3) is 0 Å². The Labute approximate surface area is 121 Å². The maximum absolute atomic E-state index is 12.0. The maximum Gasteiger partial charge on any atom is 0.313 e. The number of hydrogen-bond acceptors (Lipinski definition) is 4. The second-order valence-corrected chi connectivity index (χ2v) is 6.11. The molecule has 0 radical (unpaired) electrons. The van der Waals surface area contributed by atoms with Crippen LogP contribution in [-0.4, -0.2) is 46.5 Å². The van der Waals surface area contributed by atoms with E-state index in [9.17, 15) is 9.59 Å². The molecular weight excluding hydrogens is 282 g/mol. The van der Waals surface area contributed by atoms with E-state index in [0.29, 0.717) is 6.54 Å². The average Bonchev–Trinajstić information content (AvgIpc) is 2.86. The van der Waals surface area contributed by atoms with Gasteiger partial charge in [-0.2, -0.15) is 0 Å². The summed E-state index contributed by atoms with van der Waals surface area (Å²) in [6.45, 7) is 3.48. The first-order valence-corrected chi connectivity index (χ1v) is 8.26. The number of amides is 1. The second kappa shape index (κ2) is 8.98. The zero-order valence-corrected chi connectivity index (χ0v) is 12.6. The monoisotopic (exact) mass is 301 g/mol. The zero-order chi connectivity index (χ0) is 14.1. The van der Waals surface area contributed by atoms with Gasteiger partial charge in [0.2, 0.25) is 5.91 Å². The Balaban J connectivity index is 2.37. The van der Waals surface area contributed by atoms with Crippen LogP contribution >= 0.6 is 23.1 Å². The van der Waals surface area contributed by atoms with E-state index in [-0.39, 0.29) is 17.4 Å².